The first-order chi connectivity index (χ1) is 13.2. The van der Waals surface area contributed by atoms with Crippen LogP contribution in [0.25, 0.3) is 10.9 Å². The maximum Gasteiger partial charge on any atom is 0.286 e. The van der Waals surface area contributed by atoms with Crippen LogP contribution in [-0.2, 0) is 7.05 Å². The predicted octanol–water partition coefficient (Wildman–Crippen LogP) is 2.37. The number of anilines is 1. The molecule has 3 rings (SSSR count). The number of rotatable bonds is 6. The van der Waals surface area contributed by atoms with Crippen LogP contribution in [0.15, 0.2) is 23.0 Å². The Kier molecular flexibility index (Phi) is 5.28. The second kappa shape index (κ2) is 7.51. The number of pyridine rings is 1. The van der Waals surface area contributed by atoms with E-state index in [0.29, 0.717) is 21.9 Å². The smallest absolute Gasteiger partial charge is 0.286 e. The summed E-state index contributed by atoms with van der Waals surface area (Å²) in [5.74, 6) is 0.0392. The minimum absolute atomic E-state index is 0.0200. The molecule has 2 heterocycles. The Morgan fingerprint density at radius 3 is 2.64 bits per heavy atom. The van der Waals surface area contributed by atoms with Gasteiger partial charge in [0.1, 0.15) is 5.75 Å². The third kappa shape index (κ3) is 3.94. The van der Waals surface area contributed by atoms with Gasteiger partial charge in [0.25, 0.3) is 11.5 Å². The van der Waals surface area contributed by atoms with Crippen LogP contribution in [0.5, 0.6) is 5.75 Å². The molecule has 0 saturated heterocycles. The maximum atomic E-state index is 12.6. The summed E-state index contributed by atoms with van der Waals surface area (Å²) in [6, 6.07) is 4.77. The molecule has 4 N–H and O–H groups in total. The molecule has 0 radical (unpaired) electrons. The number of H-pyrrole nitrogens is 1. The highest BCUT2D eigenvalue weighted by Gasteiger charge is 2.17. The Hall–Kier alpha value is -3.07. The van der Waals surface area contributed by atoms with Crippen LogP contribution in [0.1, 0.15) is 43.0 Å². The molecule has 1 aromatic carbocycles. The minimum Gasteiger partial charge on any atom is -0.489 e. The number of primary amides is 1. The molecule has 0 bridgehead atoms. The third-order valence-electron chi connectivity index (χ3n) is 4.08. The fraction of sp³-hybridized carbons (Fsp3) is 0.333. The SMILES string of the molecule is CC(C)Oc1cc2[nH]c(=O)c([C@H](C)Nc3nc(C(N)=O)n(C)n3)cc2cc1Cl. The normalized spacial score (nSPS) is 12.4. The average molecular weight is 405 g/mol. The lowest BCUT2D eigenvalue weighted by Crippen LogP contribution is -2.20. The van der Waals surface area contributed by atoms with Gasteiger partial charge in [0.05, 0.1) is 22.7 Å². The number of carbonyl (C=O) groups excluding carboxylic acids is 1. The van der Waals surface area contributed by atoms with Crippen molar-refractivity contribution in [3.63, 3.8) is 0 Å². The first-order valence-electron chi connectivity index (χ1n) is 8.66. The van der Waals surface area contributed by atoms with Crippen molar-refractivity contribution in [2.75, 3.05) is 5.32 Å². The molecule has 2 aromatic heterocycles. The van der Waals surface area contributed by atoms with Gasteiger partial charge in [-0.2, -0.15) is 4.98 Å². The molecule has 0 aliphatic carbocycles. The summed E-state index contributed by atoms with van der Waals surface area (Å²) in [7, 11) is 1.56. The molecule has 28 heavy (non-hydrogen) atoms. The van der Waals surface area contributed by atoms with Gasteiger partial charge in [0.2, 0.25) is 11.8 Å². The monoisotopic (exact) mass is 404 g/mol. The number of carbonyl (C=O) groups is 1. The van der Waals surface area contributed by atoms with E-state index in [1.54, 1.807) is 32.2 Å². The number of amides is 1. The number of nitrogens with one attached hydrogen (secondary N) is 2. The zero-order chi connectivity index (χ0) is 20.6. The maximum absolute atomic E-state index is 12.6. The molecule has 3 aromatic rings. The number of nitrogens with two attached hydrogens (primary N) is 1. The van der Waals surface area contributed by atoms with Crippen molar-refractivity contribution >= 4 is 34.4 Å². The van der Waals surface area contributed by atoms with Gasteiger partial charge in [-0.25, -0.2) is 4.68 Å². The number of hydrogen-bond acceptors (Lipinski definition) is 6. The summed E-state index contributed by atoms with van der Waals surface area (Å²) in [6.07, 6.45) is -0.0404. The summed E-state index contributed by atoms with van der Waals surface area (Å²) >= 11 is 6.30. The number of ether oxygens (including phenoxy) is 1. The molecular weight excluding hydrogens is 384 g/mol. The van der Waals surface area contributed by atoms with Gasteiger partial charge in [-0.1, -0.05) is 11.6 Å². The number of halogens is 1. The van der Waals surface area contributed by atoms with Crippen molar-refractivity contribution in [3.8, 4) is 5.75 Å². The minimum atomic E-state index is -0.687. The lowest BCUT2D eigenvalue weighted by molar-refractivity contribution is 0.0986. The summed E-state index contributed by atoms with van der Waals surface area (Å²) < 4.78 is 6.94. The molecule has 148 valence electrons. The molecule has 0 aliphatic heterocycles. The number of fused-ring (bicyclic) bond motifs is 1. The number of aromatic nitrogens is 4. The van der Waals surface area contributed by atoms with Crippen LogP contribution in [-0.4, -0.2) is 31.8 Å². The topological polar surface area (TPSA) is 128 Å². The molecule has 0 spiro atoms. The number of benzene rings is 1. The molecule has 0 saturated carbocycles. The molecular formula is C18H21ClN6O3. The van der Waals surface area contributed by atoms with E-state index in [4.69, 9.17) is 22.1 Å². The van der Waals surface area contributed by atoms with Gasteiger partial charge in [-0.3, -0.25) is 9.59 Å². The van der Waals surface area contributed by atoms with Crippen molar-refractivity contribution in [2.45, 2.75) is 32.9 Å². The Balaban J connectivity index is 1.94. The first-order valence-corrected chi connectivity index (χ1v) is 9.04. The lowest BCUT2D eigenvalue weighted by atomic mass is 10.1. The van der Waals surface area contributed by atoms with Gasteiger partial charge >= 0.3 is 0 Å². The van der Waals surface area contributed by atoms with E-state index in [0.717, 1.165) is 5.39 Å². The second-order valence-corrected chi connectivity index (χ2v) is 7.11. The summed E-state index contributed by atoms with van der Waals surface area (Å²) in [5.41, 5.74) is 6.06. The Labute approximate surface area is 165 Å². The van der Waals surface area contributed by atoms with Crippen LogP contribution in [0, 0.1) is 0 Å². The fourth-order valence-electron chi connectivity index (χ4n) is 2.82. The van der Waals surface area contributed by atoms with Crippen molar-refractivity contribution < 1.29 is 9.53 Å². The van der Waals surface area contributed by atoms with Crippen molar-refractivity contribution in [1.82, 2.24) is 19.7 Å². The number of aryl methyl sites for hydroxylation is 1. The number of aromatic amines is 1. The highest BCUT2D eigenvalue weighted by atomic mass is 35.5. The molecule has 9 nitrogen and oxygen atoms in total. The molecule has 10 heteroatoms. The average Bonchev–Trinajstić information content (AvgIpc) is 2.95. The lowest BCUT2D eigenvalue weighted by Gasteiger charge is -2.15. The van der Waals surface area contributed by atoms with Gasteiger partial charge in [0.15, 0.2) is 0 Å². The quantitative estimate of drug-likeness (QED) is 0.578. The fourth-order valence-corrected chi connectivity index (χ4v) is 3.04. The van der Waals surface area contributed by atoms with Crippen LogP contribution >= 0.6 is 11.6 Å². The molecule has 0 fully saturated rings. The number of hydrogen-bond donors (Lipinski definition) is 3. The standard InChI is InChI=1S/C18H21ClN6O3/c1-8(2)28-14-7-13-10(6-12(14)19)5-11(17(27)22-13)9(3)21-18-23-16(15(20)26)25(4)24-18/h5-9H,1-4H3,(H2,20,26)(H,21,24)(H,22,27)/t9-/m0/s1. The molecule has 0 aliphatic rings. The van der Waals surface area contributed by atoms with Crippen LogP contribution in [0.3, 0.4) is 0 Å². The highest BCUT2D eigenvalue weighted by Crippen LogP contribution is 2.30. The zero-order valence-electron chi connectivity index (χ0n) is 15.9. The van der Waals surface area contributed by atoms with Gasteiger partial charge in [-0.05, 0) is 32.9 Å². The predicted molar refractivity (Wildman–Crippen MR) is 107 cm³/mol. The first kappa shape index (κ1) is 19.7. The van der Waals surface area contributed by atoms with Gasteiger partial charge in [0, 0.05) is 24.1 Å². The molecule has 1 amide bonds. The van der Waals surface area contributed by atoms with E-state index >= 15 is 0 Å². The largest absolute Gasteiger partial charge is 0.489 e. The zero-order valence-corrected chi connectivity index (χ0v) is 16.7. The third-order valence-corrected chi connectivity index (χ3v) is 4.38. The van der Waals surface area contributed by atoms with Crippen LogP contribution in [0.4, 0.5) is 5.95 Å². The van der Waals surface area contributed by atoms with Crippen LogP contribution in [0.2, 0.25) is 5.02 Å². The van der Waals surface area contributed by atoms with Crippen molar-refractivity contribution in [3.05, 3.63) is 45.0 Å². The Morgan fingerprint density at radius 1 is 1.32 bits per heavy atom. The summed E-state index contributed by atoms with van der Waals surface area (Å²) in [4.78, 5) is 30.8. The van der Waals surface area contributed by atoms with Crippen molar-refractivity contribution in [1.29, 1.82) is 0 Å². The van der Waals surface area contributed by atoms with Crippen molar-refractivity contribution in [2.24, 2.45) is 12.8 Å². The highest BCUT2D eigenvalue weighted by molar-refractivity contribution is 6.32. The van der Waals surface area contributed by atoms with E-state index in [-0.39, 0.29) is 23.4 Å². The molecule has 0 unspecified atom stereocenters. The van der Waals surface area contributed by atoms with Crippen LogP contribution < -0.4 is 21.3 Å². The number of nitrogens with zero attached hydrogens (tertiary/aromatic N) is 3. The van der Waals surface area contributed by atoms with E-state index in [1.807, 2.05) is 13.8 Å². The summed E-state index contributed by atoms with van der Waals surface area (Å²) in [5, 5.41) is 8.31. The van der Waals surface area contributed by atoms with Gasteiger partial charge < -0.3 is 20.8 Å². The second-order valence-electron chi connectivity index (χ2n) is 6.70. The van der Waals surface area contributed by atoms with E-state index in [1.165, 1.54) is 4.68 Å². The Morgan fingerprint density at radius 2 is 2.04 bits per heavy atom. The van der Waals surface area contributed by atoms with E-state index < -0.39 is 11.9 Å². The molecule has 1 atom stereocenters. The van der Waals surface area contributed by atoms with Gasteiger partial charge in [-0.15, -0.1) is 5.10 Å². The summed E-state index contributed by atoms with van der Waals surface area (Å²) in [6.45, 7) is 5.58. The van der Waals surface area contributed by atoms with E-state index in [9.17, 15) is 9.59 Å². The Bertz CT molecular complexity index is 1100. The van der Waals surface area contributed by atoms with E-state index in [2.05, 4.69) is 20.4 Å².